The number of rotatable bonds is 3. The molecule has 0 aliphatic carbocycles. The van der Waals surface area contributed by atoms with Gasteiger partial charge in [-0.25, -0.2) is 4.98 Å². The first-order valence-electron chi connectivity index (χ1n) is 8.16. The number of nitriles is 1. The summed E-state index contributed by atoms with van der Waals surface area (Å²) < 4.78 is 0. The van der Waals surface area contributed by atoms with Gasteiger partial charge in [0.25, 0.3) is 0 Å². The zero-order valence-corrected chi connectivity index (χ0v) is 13.3. The Hall–Kier alpha value is -2.20. The lowest BCUT2D eigenvalue weighted by atomic mass is 10.0. The van der Waals surface area contributed by atoms with Crippen LogP contribution in [0.5, 0.6) is 0 Å². The van der Waals surface area contributed by atoms with Crippen LogP contribution in [0, 0.1) is 21.4 Å². The second kappa shape index (κ2) is 6.50. The van der Waals surface area contributed by atoms with Crippen molar-refractivity contribution in [1.29, 1.82) is 5.26 Å². The minimum Gasteiger partial charge on any atom is -0.351 e. The third kappa shape index (κ3) is 2.99. The van der Waals surface area contributed by atoms with Gasteiger partial charge in [0.1, 0.15) is 11.6 Å². The van der Waals surface area contributed by atoms with Crippen molar-refractivity contribution >= 4 is 11.5 Å². The topological polar surface area (TPSA) is 86.3 Å². The van der Waals surface area contributed by atoms with Crippen LogP contribution in [0.15, 0.2) is 12.3 Å². The van der Waals surface area contributed by atoms with Gasteiger partial charge in [0.05, 0.1) is 4.92 Å². The maximum atomic E-state index is 11.3. The van der Waals surface area contributed by atoms with Crippen LogP contribution in [-0.2, 0) is 0 Å². The molecule has 0 bridgehead atoms. The summed E-state index contributed by atoms with van der Waals surface area (Å²) in [5.41, 5.74) is -0.0849. The fourth-order valence-corrected chi connectivity index (χ4v) is 3.85. The van der Waals surface area contributed by atoms with Gasteiger partial charge in [-0.3, -0.25) is 15.0 Å². The first-order chi connectivity index (χ1) is 11.1. The van der Waals surface area contributed by atoms with Crippen LogP contribution in [0.25, 0.3) is 0 Å². The van der Waals surface area contributed by atoms with E-state index in [1.165, 1.54) is 25.1 Å². The molecule has 2 fully saturated rings. The predicted molar refractivity (Wildman–Crippen MR) is 86.2 cm³/mol. The van der Waals surface area contributed by atoms with Crippen molar-refractivity contribution in [3.8, 4) is 6.07 Å². The highest BCUT2D eigenvalue weighted by Gasteiger charge is 2.33. The van der Waals surface area contributed by atoms with Crippen molar-refractivity contribution in [2.24, 2.45) is 0 Å². The average molecular weight is 315 g/mol. The van der Waals surface area contributed by atoms with Crippen LogP contribution in [0.3, 0.4) is 0 Å². The van der Waals surface area contributed by atoms with E-state index in [4.69, 9.17) is 5.26 Å². The van der Waals surface area contributed by atoms with Crippen LogP contribution < -0.4 is 4.90 Å². The van der Waals surface area contributed by atoms with E-state index >= 15 is 0 Å². The lowest BCUT2D eigenvalue weighted by molar-refractivity contribution is -0.384. The van der Waals surface area contributed by atoms with E-state index in [0.717, 1.165) is 32.5 Å². The molecule has 23 heavy (non-hydrogen) atoms. The number of hydrogen-bond donors (Lipinski definition) is 0. The molecule has 0 spiro atoms. The molecule has 1 aromatic rings. The molecule has 0 aromatic carbocycles. The smallest absolute Gasteiger partial charge is 0.329 e. The average Bonchev–Trinajstić information content (AvgIpc) is 3.00. The Balaban J connectivity index is 1.75. The highest BCUT2D eigenvalue weighted by atomic mass is 16.6. The second-order valence-electron chi connectivity index (χ2n) is 6.35. The molecule has 3 rings (SSSR count). The molecule has 0 N–H and O–H groups in total. The van der Waals surface area contributed by atoms with Gasteiger partial charge in [-0.2, -0.15) is 5.26 Å². The Morgan fingerprint density at radius 3 is 2.65 bits per heavy atom. The molecule has 1 unspecified atom stereocenters. The normalized spacial score (nSPS) is 23.0. The summed E-state index contributed by atoms with van der Waals surface area (Å²) in [4.78, 5) is 19.6. The van der Waals surface area contributed by atoms with Gasteiger partial charge in [0, 0.05) is 31.4 Å². The summed E-state index contributed by atoms with van der Waals surface area (Å²) in [6, 6.07) is 4.50. The third-order valence-electron chi connectivity index (χ3n) is 5.05. The molecule has 7 heteroatoms. The van der Waals surface area contributed by atoms with Crippen molar-refractivity contribution in [2.75, 3.05) is 24.5 Å². The van der Waals surface area contributed by atoms with Gasteiger partial charge in [-0.1, -0.05) is 0 Å². The minimum atomic E-state index is -0.491. The summed E-state index contributed by atoms with van der Waals surface area (Å²) in [5, 5.41) is 20.4. The van der Waals surface area contributed by atoms with Crippen LogP contribution in [0.1, 0.15) is 38.2 Å². The van der Waals surface area contributed by atoms with Crippen molar-refractivity contribution in [1.82, 2.24) is 9.88 Å². The number of nitro groups is 1. The molecular formula is C16H21N5O2. The summed E-state index contributed by atoms with van der Waals surface area (Å²) in [5.74, 6) is 0.335. The zero-order valence-electron chi connectivity index (χ0n) is 13.3. The molecule has 0 radical (unpaired) electrons. The molecule has 0 amide bonds. The van der Waals surface area contributed by atoms with Gasteiger partial charge in [0.15, 0.2) is 0 Å². The van der Waals surface area contributed by atoms with E-state index in [1.54, 1.807) is 0 Å². The Morgan fingerprint density at radius 2 is 2.09 bits per heavy atom. The third-order valence-corrected chi connectivity index (χ3v) is 5.05. The summed E-state index contributed by atoms with van der Waals surface area (Å²) in [6.45, 7) is 4.93. The Labute approximate surface area is 135 Å². The number of aromatic nitrogens is 1. The molecule has 2 aliphatic rings. The number of nitrogens with zero attached hydrogens (tertiary/aromatic N) is 5. The Kier molecular flexibility index (Phi) is 4.44. The molecule has 1 atom stereocenters. The number of anilines is 1. The van der Waals surface area contributed by atoms with Gasteiger partial charge in [-0.15, -0.1) is 0 Å². The van der Waals surface area contributed by atoms with Crippen molar-refractivity contribution in [2.45, 2.75) is 44.7 Å². The van der Waals surface area contributed by atoms with E-state index in [9.17, 15) is 10.1 Å². The van der Waals surface area contributed by atoms with E-state index in [-0.39, 0.29) is 11.3 Å². The number of pyridine rings is 1. The maximum absolute atomic E-state index is 11.3. The van der Waals surface area contributed by atoms with Gasteiger partial charge in [-0.05, 0) is 45.2 Å². The highest BCUT2D eigenvalue weighted by molar-refractivity contribution is 5.65. The van der Waals surface area contributed by atoms with E-state index < -0.39 is 4.92 Å². The molecule has 7 nitrogen and oxygen atoms in total. The monoisotopic (exact) mass is 315 g/mol. The van der Waals surface area contributed by atoms with Crippen molar-refractivity contribution in [3.63, 3.8) is 0 Å². The predicted octanol–water partition coefficient (Wildman–Crippen LogP) is 2.31. The minimum absolute atomic E-state index is 0.0790. The quantitative estimate of drug-likeness (QED) is 0.628. The second-order valence-corrected chi connectivity index (χ2v) is 6.35. The molecule has 3 heterocycles. The Bertz CT molecular complexity index is 634. The standard InChI is InChI=1S/C16H21N5O2/c1-12-3-2-8-20(12)14-5-9-19(10-6-14)16-15(21(22)23)13(11-17)4-7-18-16/h4,7,12,14H,2-3,5-6,8-10H2,1H3. The summed E-state index contributed by atoms with van der Waals surface area (Å²) in [7, 11) is 0. The molecule has 0 saturated carbocycles. The van der Waals surface area contributed by atoms with Crippen LogP contribution >= 0.6 is 0 Å². The van der Waals surface area contributed by atoms with Gasteiger partial charge < -0.3 is 4.90 Å². The fourth-order valence-electron chi connectivity index (χ4n) is 3.85. The van der Waals surface area contributed by atoms with E-state index in [1.807, 2.05) is 11.0 Å². The maximum Gasteiger partial charge on any atom is 0.329 e. The first-order valence-corrected chi connectivity index (χ1v) is 8.16. The largest absolute Gasteiger partial charge is 0.351 e. The molecular weight excluding hydrogens is 294 g/mol. The van der Waals surface area contributed by atoms with Crippen LogP contribution in [-0.4, -0.2) is 46.5 Å². The zero-order chi connectivity index (χ0) is 16.4. The SMILES string of the molecule is CC1CCCN1C1CCN(c2nccc(C#N)c2[N+](=O)[O-])CC1. The van der Waals surface area contributed by atoms with Crippen LogP contribution in [0.2, 0.25) is 0 Å². The van der Waals surface area contributed by atoms with Gasteiger partial charge >= 0.3 is 5.69 Å². The van der Waals surface area contributed by atoms with Crippen LogP contribution in [0.4, 0.5) is 11.5 Å². The van der Waals surface area contributed by atoms with E-state index in [2.05, 4.69) is 16.8 Å². The molecule has 122 valence electrons. The lowest BCUT2D eigenvalue weighted by Crippen LogP contribution is -2.46. The van der Waals surface area contributed by atoms with E-state index in [0.29, 0.717) is 17.9 Å². The fraction of sp³-hybridized carbons (Fsp3) is 0.625. The Morgan fingerprint density at radius 1 is 1.35 bits per heavy atom. The number of likely N-dealkylation sites (tertiary alicyclic amines) is 1. The summed E-state index contributed by atoms with van der Waals surface area (Å²) >= 11 is 0. The van der Waals surface area contributed by atoms with Gasteiger partial charge in [0.2, 0.25) is 5.82 Å². The number of piperidine rings is 1. The molecule has 2 saturated heterocycles. The molecule has 2 aliphatic heterocycles. The molecule has 1 aromatic heterocycles. The van der Waals surface area contributed by atoms with Crippen molar-refractivity contribution in [3.05, 3.63) is 27.9 Å². The highest BCUT2D eigenvalue weighted by Crippen LogP contribution is 2.32. The summed E-state index contributed by atoms with van der Waals surface area (Å²) in [6.07, 6.45) is 5.98. The first kappa shape index (κ1) is 15.7. The number of hydrogen-bond acceptors (Lipinski definition) is 6. The lowest BCUT2D eigenvalue weighted by Gasteiger charge is -2.38. The van der Waals surface area contributed by atoms with Crippen molar-refractivity contribution < 1.29 is 4.92 Å².